The average molecular weight is 443 g/mol. The quantitative estimate of drug-likeness (QED) is 0.274. The minimum absolute atomic E-state index is 0.563. The Morgan fingerprint density at radius 3 is 2.27 bits per heavy atom. The van der Waals surface area contributed by atoms with Gasteiger partial charge in [0.05, 0.1) is 11.4 Å². The fourth-order valence-electron chi connectivity index (χ4n) is 4.54. The molecule has 2 heterocycles. The smallest absolute Gasteiger partial charge is 0.307 e. The molecule has 5 aromatic carbocycles. The van der Waals surface area contributed by atoms with E-state index in [1.807, 2.05) is 47.7 Å². The lowest BCUT2D eigenvalue weighted by atomic mass is 10.1. The Morgan fingerprint density at radius 2 is 1.36 bits per heavy atom. The van der Waals surface area contributed by atoms with E-state index in [9.17, 15) is 0 Å². The molecule has 0 unspecified atom stereocenters. The van der Waals surface area contributed by atoms with Gasteiger partial charge in [-0.05, 0) is 41.8 Å². The number of anilines is 3. The zero-order chi connectivity index (χ0) is 21.8. The molecule has 0 aliphatic rings. The zero-order valence-corrected chi connectivity index (χ0v) is 18.4. The molecule has 33 heavy (non-hydrogen) atoms. The predicted octanol–water partition coefficient (Wildman–Crippen LogP) is 8.82. The van der Waals surface area contributed by atoms with Crippen LogP contribution in [0.3, 0.4) is 0 Å². The van der Waals surface area contributed by atoms with E-state index in [4.69, 9.17) is 9.40 Å². The van der Waals surface area contributed by atoms with Crippen molar-refractivity contribution < 1.29 is 4.42 Å². The standard InChI is InChI=1S/C29H18N2OS/c1-2-9-20(10-3-1)31(21-15-16-24-23-12-6-7-13-26(23)33-27(24)18-21)29-30-25-17-14-19-8-4-5-11-22(19)28(25)32-29/h1-18H. The van der Waals surface area contributed by atoms with Gasteiger partial charge in [0.15, 0.2) is 5.58 Å². The largest absolute Gasteiger partial charge is 0.422 e. The SMILES string of the molecule is c1ccc(N(c2ccc3c(c2)sc2ccccc23)c2nc3ccc4ccccc4c3o2)cc1. The molecule has 0 spiro atoms. The average Bonchev–Trinajstić information content (AvgIpc) is 3.46. The summed E-state index contributed by atoms with van der Waals surface area (Å²) in [6, 6.07) is 38.4. The Balaban J connectivity index is 1.47. The third-order valence-corrected chi connectivity index (χ3v) is 7.23. The predicted molar refractivity (Wildman–Crippen MR) is 139 cm³/mol. The molecule has 0 amide bonds. The van der Waals surface area contributed by atoms with E-state index >= 15 is 0 Å². The summed E-state index contributed by atoms with van der Waals surface area (Å²) in [6.07, 6.45) is 0. The molecule has 0 saturated heterocycles. The summed E-state index contributed by atoms with van der Waals surface area (Å²) in [5.41, 5.74) is 3.70. The van der Waals surface area contributed by atoms with Crippen LogP contribution in [0.5, 0.6) is 0 Å². The number of oxazole rings is 1. The van der Waals surface area contributed by atoms with Crippen molar-refractivity contribution in [3.63, 3.8) is 0 Å². The monoisotopic (exact) mass is 442 g/mol. The van der Waals surface area contributed by atoms with Crippen LogP contribution in [0, 0.1) is 0 Å². The van der Waals surface area contributed by atoms with Gasteiger partial charge in [-0.1, -0.05) is 72.8 Å². The third-order valence-electron chi connectivity index (χ3n) is 6.09. The van der Waals surface area contributed by atoms with Crippen LogP contribution >= 0.6 is 11.3 Å². The lowest BCUT2D eigenvalue weighted by Crippen LogP contribution is -2.09. The van der Waals surface area contributed by atoms with Crippen molar-refractivity contribution in [2.24, 2.45) is 0 Å². The van der Waals surface area contributed by atoms with Crippen LogP contribution < -0.4 is 4.90 Å². The van der Waals surface area contributed by atoms with Crippen LogP contribution in [0.2, 0.25) is 0 Å². The van der Waals surface area contributed by atoms with Crippen molar-refractivity contribution in [2.45, 2.75) is 0 Å². The normalized spacial score (nSPS) is 11.6. The van der Waals surface area contributed by atoms with E-state index in [2.05, 4.69) is 77.7 Å². The summed E-state index contributed by atoms with van der Waals surface area (Å²) < 4.78 is 8.98. The summed E-state index contributed by atoms with van der Waals surface area (Å²) in [5, 5.41) is 4.78. The molecule has 0 fully saturated rings. The van der Waals surface area contributed by atoms with Crippen LogP contribution in [0.4, 0.5) is 17.4 Å². The summed E-state index contributed by atoms with van der Waals surface area (Å²) in [4.78, 5) is 7.00. The number of hydrogen-bond donors (Lipinski definition) is 0. The second-order valence-corrected chi connectivity index (χ2v) is 9.16. The molecular weight excluding hydrogens is 424 g/mol. The van der Waals surface area contributed by atoms with Gasteiger partial charge in [0.2, 0.25) is 0 Å². The van der Waals surface area contributed by atoms with Crippen LogP contribution in [0.1, 0.15) is 0 Å². The highest BCUT2D eigenvalue weighted by atomic mass is 32.1. The number of aromatic nitrogens is 1. The Labute approximate surface area is 194 Å². The first-order valence-corrected chi connectivity index (χ1v) is 11.7. The molecule has 0 radical (unpaired) electrons. The number of para-hydroxylation sites is 1. The van der Waals surface area contributed by atoms with Gasteiger partial charge in [-0.3, -0.25) is 4.90 Å². The van der Waals surface area contributed by atoms with Gasteiger partial charge >= 0.3 is 6.01 Å². The maximum absolute atomic E-state index is 6.44. The zero-order valence-electron chi connectivity index (χ0n) is 17.6. The van der Waals surface area contributed by atoms with E-state index in [1.54, 1.807) is 0 Å². The first kappa shape index (κ1) is 18.4. The second kappa shape index (κ2) is 7.19. The van der Waals surface area contributed by atoms with Crippen molar-refractivity contribution >= 4 is 70.8 Å². The Bertz CT molecular complexity index is 1780. The minimum Gasteiger partial charge on any atom is -0.422 e. The van der Waals surface area contributed by atoms with Crippen molar-refractivity contribution in [1.29, 1.82) is 0 Å². The van der Waals surface area contributed by atoms with E-state index < -0.39 is 0 Å². The number of fused-ring (bicyclic) bond motifs is 6. The lowest BCUT2D eigenvalue weighted by Gasteiger charge is -2.21. The van der Waals surface area contributed by atoms with Gasteiger partial charge in [0.1, 0.15) is 5.52 Å². The summed E-state index contributed by atoms with van der Waals surface area (Å²) in [5.74, 6) is 0. The highest BCUT2D eigenvalue weighted by molar-refractivity contribution is 7.25. The lowest BCUT2D eigenvalue weighted by molar-refractivity contribution is 0.611. The van der Waals surface area contributed by atoms with Crippen LogP contribution in [0.25, 0.3) is 42.0 Å². The number of hydrogen-bond acceptors (Lipinski definition) is 4. The number of rotatable bonds is 3. The Morgan fingerprint density at radius 1 is 0.606 bits per heavy atom. The maximum atomic E-state index is 6.44. The molecule has 0 aliphatic carbocycles. The Kier molecular flexibility index (Phi) is 4.01. The van der Waals surface area contributed by atoms with Crippen molar-refractivity contribution in [3.05, 3.63) is 109 Å². The Hall–Kier alpha value is -4.15. The first-order chi connectivity index (χ1) is 16.3. The fourth-order valence-corrected chi connectivity index (χ4v) is 5.68. The molecular formula is C29H18N2OS. The second-order valence-electron chi connectivity index (χ2n) is 8.08. The molecule has 7 rings (SSSR count). The van der Waals surface area contributed by atoms with Gasteiger partial charge in [-0.2, -0.15) is 4.98 Å². The molecule has 156 valence electrons. The molecule has 0 aliphatic heterocycles. The van der Waals surface area contributed by atoms with E-state index in [1.165, 1.54) is 20.2 Å². The van der Waals surface area contributed by atoms with Crippen molar-refractivity contribution in [2.75, 3.05) is 4.90 Å². The van der Waals surface area contributed by atoms with E-state index in [-0.39, 0.29) is 0 Å². The van der Waals surface area contributed by atoms with Crippen molar-refractivity contribution in [1.82, 2.24) is 4.98 Å². The van der Waals surface area contributed by atoms with Gasteiger partial charge < -0.3 is 4.42 Å². The van der Waals surface area contributed by atoms with Gasteiger partial charge in [0, 0.05) is 25.6 Å². The topological polar surface area (TPSA) is 29.3 Å². The summed E-state index contributed by atoms with van der Waals surface area (Å²) >= 11 is 1.81. The molecule has 7 aromatic rings. The third kappa shape index (κ3) is 2.92. The molecule has 3 nitrogen and oxygen atoms in total. The van der Waals surface area contributed by atoms with Gasteiger partial charge in [-0.15, -0.1) is 11.3 Å². The van der Waals surface area contributed by atoms with Gasteiger partial charge in [-0.25, -0.2) is 0 Å². The summed E-state index contributed by atoms with van der Waals surface area (Å²) in [6.45, 7) is 0. The van der Waals surface area contributed by atoms with Crippen LogP contribution in [0.15, 0.2) is 114 Å². The van der Waals surface area contributed by atoms with Gasteiger partial charge in [0.25, 0.3) is 0 Å². The number of nitrogens with zero attached hydrogens (tertiary/aromatic N) is 2. The van der Waals surface area contributed by atoms with Crippen LogP contribution in [-0.2, 0) is 0 Å². The highest BCUT2D eigenvalue weighted by Crippen LogP contribution is 2.41. The molecule has 0 bridgehead atoms. The van der Waals surface area contributed by atoms with Crippen molar-refractivity contribution in [3.8, 4) is 0 Å². The maximum Gasteiger partial charge on any atom is 0.307 e. The minimum atomic E-state index is 0.563. The number of benzene rings is 5. The molecule has 0 N–H and O–H groups in total. The molecule has 4 heteroatoms. The number of thiophene rings is 1. The molecule has 0 saturated carbocycles. The van der Waals surface area contributed by atoms with E-state index in [0.29, 0.717) is 6.01 Å². The fraction of sp³-hybridized carbons (Fsp3) is 0. The van der Waals surface area contributed by atoms with E-state index in [0.717, 1.165) is 33.2 Å². The molecule has 0 atom stereocenters. The summed E-state index contributed by atoms with van der Waals surface area (Å²) in [7, 11) is 0. The first-order valence-electron chi connectivity index (χ1n) is 10.9. The van der Waals surface area contributed by atoms with Crippen LogP contribution in [-0.4, -0.2) is 4.98 Å². The highest BCUT2D eigenvalue weighted by Gasteiger charge is 2.20. The molecule has 2 aromatic heterocycles.